The second-order valence-corrected chi connectivity index (χ2v) is 10.8. The summed E-state index contributed by atoms with van der Waals surface area (Å²) in [6, 6.07) is 7.65. The Morgan fingerprint density at radius 1 is 1.06 bits per heavy atom. The number of carbonyl (C=O) groups excluding carboxylic acids is 3. The Balaban J connectivity index is 0.000000804. The number of amides is 2. The Labute approximate surface area is 276 Å². The lowest BCUT2D eigenvalue weighted by atomic mass is 10.0. The number of rotatable bonds is 9. The quantitative estimate of drug-likeness (QED) is 0.170. The summed E-state index contributed by atoms with van der Waals surface area (Å²) in [6.07, 6.45) is -2.60. The molecule has 0 saturated heterocycles. The molecule has 0 unspecified atom stereocenters. The molecular formula is C31H31ClF4N6O6. The minimum Gasteiger partial charge on any atom is -0.495 e. The highest BCUT2D eigenvalue weighted by atomic mass is 35.5. The molecule has 0 aliphatic carbocycles. The van der Waals surface area contributed by atoms with E-state index in [4.69, 9.17) is 22.1 Å². The Morgan fingerprint density at radius 3 is 2.25 bits per heavy atom. The summed E-state index contributed by atoms with van der Waals surface area (Å²) in [5.41, 5.74) is 3.40. The molecule has 3 N–H and O–H groups in total. The van der Waals surface area contributed by atoms with Gasteiger partial charge in [0.05, 0.1) is 36.9 Å². The molecular weight excluding hydrogens is 664 g/mol. The monoisotopic (exact) mass is 694 g/mol. The van der Waals surface area contributed by atoms with Gasteiger partial charge in [0, 0.05) is 34.8 Å². The van der Waals surface area contributed by atoms with Gasteiger partial charge in [-0.2, -0.15) is 13.2 Å². The van der Waals surface area contributed by atoms with Gasteiger partial charge >= 0.3 is 12.1 Å². The normalized spacial score (nSPS) is 11.7. The number of nitrogens with zero attached hydrogens (tertiary/aromatic N) is 4. The molecule has 2 aromatic carbocycles. The molecule has 0 saturated carbocycles. The number of benzene rings is 2. The number of hydrogen-bond donors (Lipinski definition) is 2. The van der Waals surface area contributed by atoms with Crippen LogP contribution in [0.25, 0.3) is 16.8 Å². The average Bonchev–Trinajstić information content (AvgIpc) is 3.49. The van der Waals surface area contributed by atoms with E-state index in [9.17, 15) is 36.7 Å². The van der Waals surface area contributed by atoms with Crippen LogP contribution < -0.4 is 21.3 Å². The molecule has 4 rings (SSSR count). The van der Waals surface area contributed by atoms with Crippen molar-refractivity contribution in [2.75, 3.05) is 12.4 Å². The summed E-state index contributed by atoms with van der Waals surface area (Å²) in [5, 5.41) is 9.45. The Bertz CT molecular complexity index is 1870. The summed E-state index contributed by atoms with van der Waals surface area (Å²) in [5.74, 6) is -2.69. The summed E-state index contributed by atoms with van der Waals surface area (Å²) in [4.78, 5) is 47.7. The maximum absolute atomic E-state index is 14.2. The maximum Gasteiger partial charge on any atom is 0.436 e. The number of aromatic nitrogens is 4. The third kappa shape index (κ3) is 9.18. The van der Waals surface area contributed by atoms with E-state index in [1.807, 2.05) is 13.8 Å². The number of methoxy groups -OCH3 is 1. The van der Waals surface area contributed by atoms with Crippen LogP contribution in [-0.2, 0) is 20.5 Å². The standard InChI is InChI=1S/C26H21ClF4N6O4.C5H10O2/c1-3-19(25(40)33-14-5-6-15(24(32)39)18(28)9-14)36-11-21(41-2)17(10-23(36)38)16-8-13(27)4-7-20(16)37-12-22(34-35-37)26(29,30)31;1-4(2)7-5(3)6/h4-12,19H,3H2,1-2H3,(H2,32,39)(H,33,40);4H,1-3H3/t19-;/m0./s1. The summed E-state index contributed by atoms with van der Waals surface area (Å²) < 4.78 is 65.6. The number of esters is 1. The third-order valence-corrected chi connectivity index (χ3v) is 6.71. The maximum atomic E-state index is 14.2. The van der Waals surface area contributed by atoms with Crippen LogP contribution >= 0.6 is 11.6 Å². The molecule has 2 heterocycles. The lowest BCUT2D eigenvalue weighted by molar-refractivity contribution is -0.144. The fraction of sp³-hybridized carbons (Fsp3) is 0.290. The summed E-state index contributed by atoms with van der Waals surface area (Å²) in [7, 11) is 1.30. The zero-order chi connectivity index (χ0) is 35.9. The van der Waals surface area contributed by atoms with Crippen LogP contribution in [0.3, 0.4) is 0 Å². The van der Waals surface area contributed by atoms with Crippen LogP contribution in [0.4, 0.5) is 23.2 Å². The van der Waals surface area contributed by atoms with Gasteiger partial charge in [0.25, 0.3) is 11.5 Å². The van der Waals surface area contributed by atoms with E-state index in [1.165, 1.54) is 44.5 Å². The van der Waals surface area contributed by atoms with E-state index >= 15 is 0 Å². The largest absolute Gasteiger partial charge is 0.495 e. The number of primary amides is 1. The van der Waals surface area contributed by atoms with Crippen molar-refractivity contribution in [1.29, 1.82) is 0 Å². The molecule has 48 heavy (non-hydrogen) atoms. The molecule has 0 aliphatic heterocycles. The van der Waals surface area contributed by atoms with Gasteiger partial charge in [-0.05, 0) is 56.7 Å². The predicted octanol–water partition coefficient (Wildman–Crippen LogP) is 5.56. The molecule has 0 radical (unpaired) electrons. The predicted molar refractivity (Wildman–Crippen MR) is 167 cm³/mol. The number of anilines is 1. The van der Waals surface area contributed by atoms with Gasteiger partial charge in [0.2, 0.25) is 5.91 Å². The van der Waals surface area contributed by atoms with Crippen molar-refractivity contribution >= 4 is 35.1 Å². The molecule has 1 atom stereocenters. The van der Waals surface area contributed by atoms with Crippen LogP contribution in [0.5, 0.6) is 5.75 Å². The zero-order valence-corrected chi connectivity index (χ0v) is 27.0. The van der Waals surface area contributed by atoms with Gasteiger partial charge in [-0.1, -0.05) is 23.7 Å². The minimum atomic E-state index is -4.73. The number of ether oxygens (including phenoxy) is 2. The molecule has 2 aromatic heterocycles. The number of alkyl halides is 3. The van der Waals surface area contributed by atoms with Crippen LogP contribution in [-0.4, -0.2) is 50.6 Å². The van der Waals surface area contributed by atoms with Gasteiger partial charge in [0.1, 0.15) is 17.6 Å². The van der Waals surface area contributed by atoms with Gasteiger partial charge < -0.3 is 20.5 Å². The lowest BCUT2D eigenvalue weighted by Gasteiger charge is -2.21. The number of nitrogens with two attached hydrogens (primary N) is 1. The van der Waals surface area contributed by atoms with Crippen LogP contribution in [0.2, 0.25) is 5.02 Å². The van der Waals surface area contributed by atoms with Gasteiger partial charge in [-0.3, -0.25) is 23.7 Å². The first-order chi connectivity index (χ1) is 22.5. The molecule has 0 bridgehead atoms. The van der Waals surface area contributed by atoms with Crippen molar-refractivity contribution < 1.29 is 41.4 Å². The average molecular weight is 695 g/mol. The van der Waals surface area contributed by atoms with E-state index in [-0.39, 0.29) is 57.3 Å². The molecule has 0 fully saturated rings. The van der Waals surface area contributed by atoms with E-state index in [1.54, 1.807) is 6.92 Å². The van der Waals surface area contributed by atoms with Crippen molar-refractivity contribution in [2.45, 2.75) is 52.4 Å². The second-order valence-electron chi connectivity index (χ2n) is 10.3. The van der Waals surface area contributed by atoms with Crippen LogP contribution in [0, 0.1) is 5.82 Å². The summed E-state index contributed by atoms with van der Waals surface area (Å²) >= 11 is 6.17. The molecule has 256 valence electrons. The Hall–Kier alpha value is -5.25. The van der Waals surface area contributed by atoms with Gasteiger partial charge in [-0.15, -0.1) is 5.10 Å². The van der Waals surface area contributed by atoms with Crippen molar-refractivity contribution in [3.63, 3.8) is 0 Å². The molecule has 0 spiro atoms. The molecule has 17 heteroatoms. The van der Waals surface area contributed by atoms with Crippen LogP contribution in [0.15, 0.2) is 59.7 Å². The molecule has 0 aliphatic rings. The number of hydrogen-bond acceptors (Lipinski definition) is 8. The first kappa shape index (κ1) is 37.2. The lowest BCUT2D eigenvalue weighted by Crippen LogP contribution is -2.32. The molecule has 4 aromatic rings. The summed E-state index contributed by atoms with van der Waals surface area (Å²) in [6.45, 7) is 6.69. The molecule has 12 nitrogen and oxygen atoms in total. The van der Waals surface area contributed by atoms with Crippen molar-refractivity contribution in [3.05, 3.63) is 87.3 Å². The first-order valence-corrected chi connectivity index (χ1v) is 14.5. The fourth-order valence-corrected chi connectivity index (χ4v) is 4.61. The highest BCUT2D eigenvalue weighted by molar-refractivity contribution is 6.31. The number of nitrogens with one attached hydrogen (secondary N) is 1. The van der Waals surface area contributed by atoms with Gasteiger partial charge in [0.15, 0.2) is 5.69 Å². The fourth-order valence-electron chi connectivity index (χ4n) is 4.44. The topological polar surface area (TPSA) is 160 Å². The molecule has 2 amide bonds. The number of carbonyl (C=O) groups is 3. The van der Waals surface area contributed by atoms with E-state index in [0.29, 0.717) is 6.20 Å². The SMILES string of the molecule is CC(=O)OC(C)C.CC[C@@H](C(=O)Nc1ccc(C(N)=O)c(F)c1)n1cc(OC)c(-c2cc(Cl)ccc2-n2cc(C(F)(F)F)nn2)cc1=O. The Kier molecular flexibility index (Phi) is 12.1. The van der Waals surface area contributed by atoms with Crippen molar-refractivity contribution in [2.24, 2.45) is 5.73 Å². The Morgan fingerprint density at radius 2 is 1.75 bits per heavy atom. The highest BCUT2D eigenvalue weighted by Gasteiger charge is 2.35. The second kappa shape index (κ2) is 15.6. The minimum absolute atomic E-state index is 0.0255. The zero-order valence-electron chi connectivity index (χ0n) is 26.3. The number of halogens is 5. The van der Waals surface area contributed by atoms with Gasteiger partial charge in [-0.25, -0.2) is 9.07 Å². The highest BCUT2D eigenvalue weighted by Crippen LogP contribution is 2.36. The van der Waals surface area contributed by atoms with E-state index in [2.05, 4.69) is 20.4 Å². The number of pyridine rings is 1. The van der Waals surface area contributed by atoms with Crippen molar-refractivity contribution in [1.82, 2.24) is 19.6 Å². The van der Waals surface area contributed by atoms with Crippen molar-refractivity contribution in [3.8, 4) is 22.6 Å². The van der Waals surface area contributed by atoms with Crippen LogP contribution in [0.1, 0.15) is 56.2 Å². The van der Waals surface area contributed by atoms with E-state index < -0.39 is 41.1 Å². The first-order valence-electron chi connectivity index (χ1n) is 14.1. The smallest absolute Gasteiger partial charge is 0.436 e. The van der Waals surface area contributed by atoms with E-state index in [0.717, 1.165) is 27.4 Å². The third-order valence-electron chi connectivity index (χ3n) is 6.47.